The quantitative estimate of drug-likeness (QED) is 0.786. The average molecular weight is 333 g/mol. The smallest absolute Gasteiger partial charge is 0.268 e. The van der Waals surface area contributed by atoms with Crippen molar-refractivity contribution in [2.75, 3.05) is 0 Å². The second-order valence-corrected chi connectivity index (χ2v) is 5.70. The molecule has 20 heavy (non-hydrogen) atoms. The Hall–Kier alpha value is -1.95. The summed E-state index contributed by atoms with van der Waals surface area (Å²) in [6, 6.07) is 9.65. The van der Waals surface area contributed by atoms with Crippen LogP contribution in [-0.4, -0.2) is 20.4 Å². The van der Waals surface area contributed by atoms with Crippen LogP contribution < -0.4 is 0 Å². The summed E-state index contributed by atoms with van der Waals surface area (Å²) in [7, 11) is 0. The molecular weight excluding hydrogens is 320 g/mol. The van der Waals surface area contributed by atoms with E-state index in [9.17, 15) is 0 Å². The molecule has 1 N–H and O–H groups in total. The summed E-state index contributed by atoms with van der Waals surface area (Å²) in [6.07, 6.45) is 0. The van der Waals surface area contributed by atoms with Gasteiger partial charge in [0.05, 0.1) is 0 Å². The van der Waals surface area contributed by atoms with Crippen LogP contribution in [0.3, 0.4) is 0 Å². The fourth-order valence-electron chi connectivity index (χ4n) is 1.78. The van der Waals surface area contributed by atoms with Crippen molar-refractivity contribution >= 4 is 15.9 Å². The van der Waals surface area contributed by atoms with E-state index in [4.69, 9.17) is 4.42 Å². The van der Waals surface area contributed by atoms with Gasteiger partial charge in [-0.25, -0.2) is 0 Å². The van der Waals surface area contributed by atoms with Gasteiger partial charge < -0.3 is 4.42 Å². The third kappa shape index (κ3) is 2.51. The number of nitrogens with zero attached hydrogens (tertiary/aromatic N) is 3. The highest BCUT2D eigenvalue weighted by atomic mass is 79.9. The van der Waals surface area contributed by atoms with Crippen molar-refractivity contribution in [3.8, 4) is 23.0 Å². The zero-order chi connectivity index (χ0) is 14.1. The summed E-state index contributed by atoms with van der Waals surface area (Å²) < 4.78 is 6.68. The van der Waals surface area contributed by atoms with Gasteiger partial charge in [0.25, 0.3) is 5.89 Å². The lowest BCUT2D eigenvalue weighted by atomic mass is 10.1. The second kappa shape index (κ2) is 5.20. The Morgan fingerprint density at radius 1 is 1.10 bits per heavy atom. The molecule has 0 saturated heterocycles. The van der Waals surface area contributed by atoms with Gasteiger partial charge in [-0.15, -0.1) is 10.2 Å². The zero-order valence-corrected chi connectivity index (χ0v) is 12.7. The number of hydrogen-bond donors (Lipinski definition) is 1. The fourth-order valence-corrected chi connectivity index (χ4v) is 2.04. The minimum Gasteiger partial charge on any atom is -0.415 e. The van der Waals surface area contributed by atoms with Gasteiger partial charge in [0, 0.05) is 15.7 Å². The van der Waals surface area contributed by atoms with Crippen molar-refractivity contribution in [2.24, 2.45) is 0 Å². The average Bonchev–Trinajstić information content (AvgIpc) is 3.08. The molecule has 3 aromatic rings. The molecule has 0 amide bonds. The molecule has 0 unspecified atom stereocenters. The Morgan fingerprint density at radius 2 is 1.80 bits per heavy atom. The Kier molecular flexibility index (Phi) is 3.40. The molecular formula is C14H13BrN4O. The van der Waals surface area contributed by atoms with Crippen molar-refractivity contribution in [1.29, 1.82) is 0 Å². The summed E-state index contributed by atoms with van der Waals surface area (Å²) >= 11 is 3.40. The molecule has 0 spiro atoms. The van der Waals surface area contributed by atoms with Crippen molar-refractivity contribution in [3.63, 3.8) is 0 Å². The van der Waals surface area contributed by atoms with E-state index in [0.717, 1.165) is 15.7 Å². The van der Waals surface area contributed by atoms with Crippen LogP contribution in [0.1, 0.15) is 25.5 Å². The van der Waals surface area contributed by atoms with E-state index < -0.39 is 0 Å². The summed E-state index contributed by atoms with van der Waals surface area (Å²) in [5, 5.41) is 15.3. The van der Waals surface area contributed by atoms with Gasteiger partial charge in [-0.05, 0) is 36.2 Å². The molecule has 0 fully saturated rings. The summed E-state index contributed by atoms with van der Waals surface area (Å²) in [4.78, 5) is 0. The Labute approximate surface area is 124 Å². The summed E-state index contributed by atoms with van der Waals surface area (Å²) in [5.74, 6) is 1.29. The maximum Gasteiger partial charge on any atom is 0.268 e. The van der Waals surface area contributed by atoms with E-state index in [2.05, 4.69) is 50.2 Å². The molecule has 0 bridgehead atoms. The van der Waals surface area contributed by atoms with Crippen LogP contribution >= 0.6 is 15.9 Å². The second-order valence-electron chi connectivity index (χ2n) is 4.78. The molecule has 0 atom stereocenters. The molecule has 0 saturated carbocycles. The lowest BCUT2D eigenvalue weighted by Gasteiger charge is -1.96. The first-order chi connectivity index (χ1) is 9.63. The van der Waals surface area contributed by atoms with Crippen molar-refractivity contribution < 1.29 is 4.42 Å². The van der Waals surface area contributed by atoms with Gasteiger partial charge in [0.2, 0.25) is 5.89 Å². The van der Waals surface area contributed by atoms with Gasteiger partial charge in [0.1, 0.15) is 5.69 Å². The normalized spacial score (nSPS) is 11.2. The largest absolute Gasteiger partial charge is 0.415 e. The molecule has 0 aliphatic carbocycles. The van der Waals surface area contributed by atoms with Crippen molar-refractivity contribution in [3.05, 3.63) is 40.5 Å². The number of halogens is 1. The topological polar surface area (TPSA) is 67.6 Å². The van der Waals surface area contributed by atoms with E-state index in [1.54, 1.807) is 0 Å². The predicted molar refractivity (Wildman–Crippen MR) is 79.1 cm³/mol. The lowest BCUT2D eigenvalue weighted by Crippen LogP contribution is -1.85. The molecule has 102 valence electrons. The van der Waals surface area contributed by atoms with Crippen molar-refractivity contribution in [2.45, 2.75) is 19.8 Å². The maximum absolute atomic E-state index is 5.67. The summed E-state index contributed by atoms with van der Waals surface area (Å²) in [6.45, 7) is 4.19. The van der Waals surface area contributed by atoms with E-state index in [1.165, 1.54) is 0 Å². The molecule has 0 radical (unpaired) electrons. The van der Waals surface area contributed by atoms with Gasteiger partial charge in [-0.1, -0.05) is 29.8 Å². The van der Waals surface area contributed by atoms with Gasteiger partial charge in [-0.2, -0.15) is 5.10 Å². The van der Waals surface area contributed by atoms with Gasteiger partial charge in [0.15, 0.2) is 0 Å². The number of aromatic amines is 1. The highest BCUT2D eigenvalue weighted by Crippen LogP contribution is 2.25. The van der Waals surface area contributed by atoms with Crippen LogP contribution in [-0.2, 0) is 0 Å². The summed E-state index contributed by atoms with van der Waals surface area (Å²) in [5.41, 5.74) is 2.60. The number of H-pyrrole nitrogens is 1. The molecule has 6 heteroatoms. The Bertz CT molecular complexity index is 715. The van der Waals surface area contributed by atoms with E-state index >= 15 is 0 Å². The van der Waals surface area contributed by atoms with Gasteiger partial charge >= 0.3 is 0 Å². The van der Waals surface area contributed by atoms with E-state index in [-0.39, 0.29) is 0 Å². The minimum absolute atomic E-state index is 0.380. The number of aromatic nitrogens is 4. The maximum atomic E-state index is 5.67. The van der Waals surface area contributed by atoms with Crippen LogP contribution in [0.25, 0.3) is 23.0 Å². The molecule has 1 aromatic carbocycles. The third-order valence-corrected chi connectivity index (χ3v) is 3.48. The number of rotatable bonds is 3. The number of nitrogens with one attached hydrogen (secondary N) is 1. The van der Waals surface area contributed by atoms with Gasteiger partial charge in [-0.3, -0.25) is 5.10 Å². The first-order valence-corrected chi connectivity index (χ1v) is 7.08. The monoisotopic (exact) mass is 332 g/mol. The highest BCUT2D eigenvalue weighted by Gasteiger charge is 2.14. The SMILES string of the molecule is CC(C)c1cc(-c2nnc(-c3ccc(Br)cc3)o2)n[nH]1. The molecule has 0 aliphatic rings. The van der Waals surface area contributed by atoms with E-state index in [0.29, 0.717) is 23.4 Å². The van der Waals surface area contributed by atoms with Crippen LogP contribution in [0.4, 0.5) is 0 Å². The molecule has 0 aliphatic heterocycles. The van der Waals surface area contributed by atoms with Crippen LogP contribution in [0.2, 0.25) is 0 Å². The predicted octanol–water partition coefficient (Wildman–Crippen LogP) is 4.01. The highest BCUT2D eigenvalue weighted by molar-refractivity contribution is 9.10. The molecule has 2 aromatic heterocycles. The first-order valence-electron chi connectivity index (χ1n) is 6.28. The lowest BCUT2D eigenvalue weighted by molar-refractivity contribution is 0.582. The van der Waals surface area contributed by atoms with E-state index in [1.807, 2.05) is 30.3 Å². The molecule has 5 nitrogen and oxygen atoms in total. The third-order valence-electron chi connectivity index (χ3n) is 2.95. The number of hydrogen-bond acceptors (Lipinski definition) is 4. The van der Waals surface area contributed by atoms with Crippen LogP contribution in [0, 0.1) is 0 Å². The Morgan fingerprint density at radius 3 is 2.45 bits per heavy atom. The standard InChI is InChI=1S/C14H13BrN4O/c1-8(2)11-7-12(17-16-11)14-19-18-13(20-14)9-3-5-10(15)6-4-9/h3-8H,1-2H3,(H,16,17). The van der Waals surface area contributed by atoms with Crippen LogP contribution in [0.5, 0.6) is 0 Å². The first kappa shape index (κ1) is 13.1. The minimum atomic E-state index is 0.380. The molecule has 2 heterocycles. The van der Waals surface area contributed by atoms with Crippen molar-refractivity contribution in [1.82, 2.24) is 20.4 Å². The number of benzene rings is 1. The fraction of sp³-hybridized carbons (Fsp3) is 0.214. The molecule has 3 rings (SSSR count). The van der Waals surface area contributed by atoms with Crippen LogP contribution in [0.15, 0.2) is 39.2 Å². The zero-order valence-electron chi connectivity index (χ0n) is 11.1. The Balaban J connectivity index is 1.91.